The number of aliphatic hydroxyl groups excluding tert-OH is 2. The lowest BCUT2D eigenvalue weighted by atomic mass is 9.93. The normalized spacial score (nSPS) is 24.2. The van der Waals surface area contributed by atoms with Crippen molar-refractivity contribution in [3.05, 3.63) is 70.6 Å². The van der Waals surface area contributed by atoms with Crippen LogP contribution in [0.5, 0.6) is 0 Å². The first-order valence-electron chi connectivity index (χ1n) is 10.7. The Morgan fingerprint density at radius 2 is 2.10 bits per heavy atom. The Bertz CT molecular complexity index is 945. The highest BCUT2D eigenvalue weighted by molar-refractivity contribution is 5.99. The SMILES string of the molecule is CC(=CCCC1=CC(=O)C(c2ccoc2)C1O)CCCC(C)C=C1OC(=O)C(C)=C1O. The molecule has 1 aromatic heterocycles. The number of carbonyl (C=O) groups is 2. The first-order chi connectivity index (χ1) is 14.8. The molecule has 3 rings (SSSR count). The van der Waals surface area contributed by atoms with Gasteiger partial charge in [-0.05, 0) is 75.7 Å². The van der Waals surface area contributed by atoms with Gasteiger partial charge in [-0.15, -0.1) is 0 Å². The van der Waals surface area contributed by atoms with Gasteiger partial charge >= 0.3 is 5.97 Å². The van der Waals surface area contributed by atoms with E-state index in [1.807, 2.05) is 6.92 Å². The number of rotatable bonds is 9. The van der Waals surface area contributed by atoms with E-state index in [0.29, 0.717) is 12.0 Å². The topological polar surface area (TPSA) is 97.0 Å². The van der Waals surface area contributed by atoms with Gasteiger partial charge in [-0.25, -0.2) is 4.79 Å². The summed E-state index contributed by atoms with van der Waals surface area (Å²) in [4.78, 5) is 23.7. The van der Waals surface area contributed by atoms with E-state index in [2.05, 4.69) is 13.0 Å². The number of allylic oxidation sites excluding steroid dienone is 4. The van der Waals surface area contributed by atoms with Crippen LogP contribution in [0.25, 0.3) is 0 Å². The summed E-state index contributed by atoms with van der Waals surface area (Å²) in [7, 11) is 0. The smallest absolute Gasteiger partial charge is 0.343 e. The molecule has 0 bridgehead atoms. The molecule has 0 radical (unpaired) electrons. The first kappa shape index (κ1) is 22.8. The predicted molar refractivity (Wildman–Crippen MR) is 116 cm³/mol. The molecule has 0 aromatic carbocycles. The second-order valence-corrected chi connectivity index (χ2v) is 8.45. The van der Waals surface area contributed by atoms with Crippen molar-refractivity contribution >= 4 is 11.8 Å². The summed E-state index contributed by atoms with van der Waals surface area (Å²) in [6.07, 6.45) is 12.0. The molecule has 1 aliphatic carbocycles. The van der Waals surface area contributed by atoms with E-state index < -0.39 is 18.0 Å². The maximum atomic E-state index is 12.2. The van der Waals surface area contributed by atoms with E-state index in [-0.39, 0.29) is 28.8 Å². The second-order valence-electron chi connectivity index (χ2n) is 8.45. The number of ether oxygens (including phenoxy) is 1. The van der Waals surface area contributed by atoms with Gasteiger partial charge in [0.1, 0.15) is 0 Å². The molecule has 0 saturated carbocycles. The van der Waals surface area contributed by atoms with Gasteiger partial charge in [0, 0.05) is 5.56 Å². The first-order valence-corrected chi connectivity index (χ1v) is 10.7. The van der Waals surface area contributed by atoms with Crippen molar-refractivity contribution in [3.63, 3.8) is 0 Å². The molecule has 6 heteroatoms. The number of esters is 1. The highest BCUT2D eigenvalue weighted by Crippen LogP contribution is 2.34. The summed E-state index contributed by atoms with van der Waals surface area (Å²) < 4.78 is 10.1. The molecule has 2 heterocycles. The maximum absolute atomic E-state index is 12.2. The van der Waals surface area contributed by atoms with Crippen LogP contribution in [0.4, 0.5) is 0 Å². The molecule has 2 N–H and O–H groups in total. The van der Waals surface area contributed by atoms with E-state index in [9.17, 15) is 19.8 Å². The van der Waals surface area contributed by atoms with Gasteiger partial charge in [-0.1, -0.05) is 18.6 Å². The van der Waals surface area contributed by atoms with E-state index in [1.54, 1.807) is 25.1 Å². The molecule has 1 aromatic rings. The predicted octanol–water partition coefficient (Wildman–Crippen LogP) is 5.04. The van der Waals surface area contributed by atoms with Crippen LogP contribution in [0.2, 0.25) is 0 Å². The van der Waals surface area contributed by atoms with Gasteiger partial charge in [0.05, 0.1) is 30.1 Å². The lowest BCUT2D eigenvalue weighted by molar-refractivity contribution is -0.133. The van der Waals surface area contributed by atoms with Gasteiger partial charge in [0.15, 0.2) is 17.3 Å². The van der Waals surface area contributed by atoms with Crippen molar-refractivity contribution in [2.75, 3.05) is 0 Å². The number of carbonyl (C=O) groups excluding carboxylic acids is 2. The minimum atomic E-state index is -0.786. The van der Waals surface area contributed by atoms with Crippen molar-refractivity contribution < 1.29 is 29.0 Å². The third-order valence-electron chi connectivity index (χ3n) is 5.92. The van der Waals surface area contributed by atoms with Crippen LogP contribution in [-0.2, 0) is 14.3 Å². The highest BCUT2D eigenvalue weighted by atomic mass is 16.6. The van der Waals surface area contributed by atoms with E-state index >= 15 is 0 Å². The van der Waals surface area contributed by atoms with Crippen LogP contribution in [0.1, 0.15) is 64.4 Å². The van der Waals surface area contributed by atoms with Crippen LogP contribution in [0.15, 0.2) is 69.5 Å². The third-order valence-corrected chi connectivity index (χ3v) is 5.92. The number of cyclic esters (lactones) is 1. The summed E-state index contributed by atoms with van der Waals surface area (Å²) in [6.45, 7) is 5.66. The fourth-order valence-corrected chi connectivity index (χ4v) is 4.00. The molecule has 3 atom stereocenters. The van der Waals surface area contributed by atoms with Crippen LogP contribution in [0.3, 0.4) is 0 Å². The van der Waals surface area contributed by atoms with Crippen molar-refractivity contribution in [1.82, 2.24) is 0 Å². The number of ketones is 1. The molecule has 6 nitrogen and oxygen atoms in total. The summed E-state index contributed by atoms with van der Waals surface area (Å²) in [6, 6.07) is 1.72. The van der Waals surface area contributed by atoms with Gasteiger partial charge in [-0.3, -0.25) is 4.79 Å². The standard InChI is InChI=1S/C25H30O6/c1-15(6-4-8-16(2)12-21-23(27)17(3)25(29)31-21)7-5-9-18-13-20(26)22(24(18)28)19-10-11-30-14-19/h7,10-14,16,22,24,27-28H,4-6,8-9H2,1-3H3. The molecule has 0 amide bonds. The molecule has 0 fully saturated rings. The van der Waals surface area contributed by atoms with Crippen LogP contribution < -0.4 is 0 Å². The number of hydrogen-bond acceptors (Lipinski definition) is 6. The maximum Gasteiger partial charge on any atom is 0.343 e. The van der Waals surface area contributed by atoms with Crippen molar-refractivity contribution in [3.8, 4) is 0 Å². The van der Waals surface area contributed by atoms with E-state index in [4.69, 9.17) is 9.15 Å². The van der Waals surface area contributed by atoms with Crippen molar-refractivity contribution in [2.24, 2.45) is 5.92 Å². The summed E-state index contributed by atoms with van der Waals surface area (Å²) in [5, 5.41) is 20.4. The number of hydrogen-bond donors (Lipinski definition) is 2. The monoisotopic (exact) mass is 426 g/mol. The third kappa shape index (κ3) is 5.44. The average molecular weight is 427 g/mol. The van der Waals surface area contributed by atoms with Gasteiger partial charge < -0.3 is 19.4 Å². The minimum Gasteiger partial charge on any atom is -0.504 e. The van der Waals surface area contributed by atoms with E-state index in [1.165, 1.54) is 18.1 Å². The molecular formula is C25H30O6. The molecule has 1 aliphatic heterocycles. The molecule has 31 heavy (non-hydrogen) atoms. The lowest BCUT2D eigenvalue weighted by Gasteiger charge is -2.14. The Morgan fingerprint density at radius 3 is 2.74 bits per heavy atom. The van der Waals surface area contributed by atoms with Crippen molar-refractivity contribution in [2.45, 2.75) is 64.9 Å². The molecule has 0 spiro atoms. The Hall–Kier alpha value is -2.86. The zero-order valence-corrected chi connectivity index (χ0v) is 18.3. The molecular weight excluding hydrogens is 396 g/mol. The number of furan rings is 1. The summed E-state index contributed by atoms with van der Waals surface area (Å²) >= 11 is 0. The highest BCUT2D eigenvalue weighted by Gasteiger charge is 2.36. The van der Waals surface area contributed by atoms with Gasteiger partial charge in [0.25, 0.3) is 0 Å². The zero-order chi connectivity index (χ0) is 22.5. The molecule has 3 unspecified atom stereocenters. The fourth-order valence-electron chi connectivity index (χ4n) is 4.00. The largest absolute Gasteiger partial charge is 0.504 e. The minimum absolute atomic E-state index is 0.0650. The number of aliphatic hydroxyl groups is 2. The Balaban J connectivity index is 1.41. The van der Waals surface area contributed by atoms with Crippen LogP contribution >= 0.6 is 0 Å². The van der Waals surface area contributed by atoms with Crippen LogP contribution in [0, 0.1) is 5.92 Å². The van der Waals surface area contributed by atoms with Gasteiger partial charge in [-0.2, -0.15) is 0 Å². The Kier molecular flexibility index (Phi) is 7.33. The zero-order valence-electron chi connectivity index (χ0n) is 18.3. The van der Waals surface area contributed by atoms with Crippen LogP contribution in [-0.4, -0.2) is 28.1 Å². The van der Waals surface area contributed by atoms with Crippen molar-refractivity contribution in [1.29, 1.82) is 0 Å². The van der Waals surface area contributed by atoms with E-state index in [0.717, 1.165) is 31.3 Å². The molecule has 2 aliphatic rings. The molecule has 166 valence electrons. The quantitative estimate of drug-likeness (QED) is 0.424. The Labute approximate surface area is 182 Å². The summed E-state index contributed by atoms with van der Waals surface area (Å²) in [5.41, 5.74) is 3.00. The second kappa shape index (κ2) is 9.96. The van der Waals surface area contributed by atoms with Gasteiger partial charge in [0.2, 0.25) is 0 Å². The average Bonchev–Trinajstić information content (AvgIpc) is 3.39. The fraction of sp³-hybridized carbons (Fsp3) is 0.440. The Morgan fingerprint density at radius 1 is 1.32 bits per heavy atom. The summed E-state index contributed by atoms with van der Waals surface area (Å²) in [5.74, 6) is -0.745. The lowest BCUT2D eigenvalue weighted by Crippen LogP contribution is -2.19. The molecule has 0 saturated heterocycles.